The number of hydrogen-bond donors (Lipinski definition) is 2. The molecule has 0 saturated carbocycles. The van der Waals surface area contributed by atoms with Gasteiger partial charge in [0.25, 0.3) is 0 Å². The molecule has 2 rings (SSSR count). The Morgan fingerprint density at radius 2 is 1.94 bits per heavy atom. The minimum Gasteiger partial charge on any atom is -0.383 e. The maximum atomic E-state index is 12.8. The van der Waals surface area contributed by atoms with Crippen molar-refractivity contribution < 1.29 is 54.8 Å². The monoisotopic (exact) mass is 564 g/mol. The van der Waals surface area contributed by atoms with E-state index in [0.717, 1.165) is 25.9 Å². The highest BCUT2D eigenvalue weighted by molar-refractivity contribution is 7.67. The van der Waals surface area contributed by atoms with Crippen LogP contribution in [0.1, 0.15) is 12.6 Å². The van der Waals surface area contributed by atoms with Crippen LogP contribution in [0.3, 0.4) is 0 Å². The molecule has 198 valence electrons. The Balaban J connectivity index is 2.18. The third-order valence-corrected chi connectivity index (χ3v) is 9.28. The number of azide groups is 1. The lowest BCUT2D eigenvalue weighted by Crippen LogP contribution is -2.29. The summed E-state index contributed by atoms with van der Waals surface area (Å²) in [4.78, 5) is 27.7. The van der Waals surface area contributed by atoms with Crippen molar-refractivity contribution in [2.24, 2.45) is 5.11 Å². The van der Waals surface area contributed by atoms with Gasteiger partial charge < -0.3 is 20.1 Å². The maximum Gasteiger partial charge on any atom is 0.492 e. The standard InChI is InChI=1S/C13H23N6O13P3/c1-25-33(21,22)31-35(24,27-3)32-34(23,26-2)29-7-10-9(28-8-16-18-15)6-12(30-10)19-5-4-11(14)17-13(19)20/h4-5,9-10,12H,6-8H2,1-3H3,(H,21,22)(H2,14,17,20)/t9-,10+,12-,34?,35?/m0/s1. The van der Waals surface area contributed by atoms with Crippen LogP contribution in [0, 0.1) is 0 Å². The third kappa shape index (κ3) is 8.44. The summed E-state index contributed by atoms with van der Waals surface area (Å²) in [7, 11) is -12.2. The van der Waals surface area contributed by atoms with E-state index in [1.807, 2.05) is 0 Å². The molecule has 6 atom stereocenters. The van der Waals surface area contributed by atoms with Crippen molar-refractivity contribution in [1.29, 1.82) is 0 Å². The van der Waals surface area contributed by atoms with Gasteiger partial charge in [0.2, 0.25) is 0 Å². The fourth-order valence-electron chi connectivity index (χ4n) is 2.63. The molecule has 22 heteroatoms. The molecule has 0 bridgehead atoms. The van der Waals surface area contributed by atoms with E-state index >= 15 is 0 Å². The second-order valence-corrected chi connectivity index (χ2v) is 11.7. The lowest BCUT2D eigenvalue weighted by molar-refractivity contribution is -0.0607. The zero-order valence-corrected chi connectivity index (χ0v) is 21.2. The summed E-state index contributed by atoms with van der Waals surface area (Å²) in [5.74, 6) is -0.0100. The first-order chi connectivity index (χ1) is 16.4. The van der Waals surface area contributed by atoms with Gasteiger partial charge in [-0.2, -0.15) is 13.6 Å². The van der Waals surface area contributed by atoms with Crippen molar-refractivity contribution in [3.05, 3.63) is 33.2 Å². The molecule has 0 spiro atoms. The SMILES string of the molecule is COP(=O)(O)OP(=O)(OC)OP(=O)(OC)OC[C@H]1O[C@H](n2ccc(N)nc2=O)C[C@@H]1OCN=[N+]=[N-]. The molecule has 1 aliphatic heterocycles. The van der Waals surface area contributed by atoms with Gasteiger partial charge in [-0.1, -0.05) is 5.11 Å². The van der Waals surface area contributed by atoms with E-state index in [4.69, 9.17) is 25.3 Å². The Hall–Kier alpha value is -1.68. The van der Waals surface area contributed by atoms with Gasteiger partial charge >= 0.3 is 29.2 Å². The van der Waals surface area contributed by atoms with Crippen LogP contribution in [0.25, 0.3) is 10.4 Å². The summed E-state index contributed by atoms with van der Waals surface area (Å²) >= 11 is 0. The lowest BCUT2D eigenvalue weighted by Gasteiger charge is -2.24. The fraction of sp³-hybridized carbons (Fsp3) is 0.692. The van der Waals surface area contributed by atoms with Crippen LogP contribution < -0.4 is 11.4 Å². The van der Waals surface area contributed by atoms with Gasteiger partial charge in [-0.05, 0) is 11.6 Å². The molecule has 2 heterocycles. The molecule has 1 saturated heterocycles. The molecule has 1 fully saturated rings. The summed E-state index contributed by atoms with van der Waals surface area (Å²) in [5.41, 5.74) is 13.2. The normalized spacial score (nSPS) is 25.2. The molecular weight excluding hydrogens is 541 g/mol. The highest BCUT2D eigenvalue weighted by atomic mass is 31.3. The zero-order valence-electron chi connectivity index (χ0n) is 18.5. The molecule has 0 aromatic carbocycles. The van der Waals surface area contributed by atoms with Crippen LogP contribution >= 0.6 is 23.5 Å². The van der Waals surface area contributed by atoms with E-state index in [1.54, 1.807) is 0 Å². The Bertz CT molecular complexity index is 1130. The highest BCUT2D eigenvalue weighted by Gasteiger charge is 2.46. The minimum atomic E-state index is -4.99. The summed E-state index contributed by atoms with van der Waals surface area (Å²) in [6.07, 6.45) is -1.48. The molecule has 35 heavy (non-hydrogen) atoms. The van der Waals surface area contributed by atoms with Gasteiger partial charge in [-0.15, -0.1) is 0 Å². The summed E-state index contributed by atoms with van der Waals surface area (Å²) in [5, 5.41) is 3.25. The highest BCUT2D eigenvalue weighted by Crippen LogP contribution is 2.71. The maximum absolute atomic E-state index is 12.8. The molecule has 3 unspecified atom stereocenters. The van der Waals surface area contributed by atoms with Gasteiger partial charge in [0.1, 0.15) is 24.9 Å². The first-order valence-corrected chi connectivity index (χ1v) is 13.7. The summed E-state index contributed by atoms with van der Waals surface area (Å²) in [6, 6.07) is 1.36. The number of ether oxygens (including phenoxy) is 2. The topological polar surface area (TPSA) is 255 Å². The van der Waals surface area contributed by atoms with Crippen molar-refractivity contribution in [3.63, 3.8) is 0 Å². The molecule has 3 N–H and O–H groups in total. The third-order valence-electron chi connectivity index (χ3n) is 4.23. The fourth-order valence-corrected chi connectivity index (χ4v) is 6.70. The molecular formula is C13H23N6O13P3. The van der Waals surface area contributed by atoms with Crippen LogP contribution in [0.2, 0.25) is 0 Å². The Morgan fingerprint density at radius 3 is 2.51 bits per heavy atom. The van der Waals surface area contributed by atoms with E-state index in [-0.39, 0.29) is 12.2 Å². The van der Waals surface area contributed by atoms with Crippen molar-refractivity contribution in [2.45, 2.75) is 24.9 Å². The van der Waals surface area contributed by atoms with E-state index in [1.165, 1.54) is 12.3 Å². The van der Waals surface area contributed by atoms with Crippen molar-refractivity contribution in [3.8, 4) is 0 Å². The molecule has 0 amide bonds. The Labute approximate surface area is 197 Å². The summed E-state index contributed by atoms with van der Waals surface area (Å²) in [6.45, 7) is -1.01. The van der Waals surface area contributed by atoms with Gasteiger partial charge in [-0.25, -0.2) is 18.5 Å². The number of aromatic nitrogens is 2. The van der Waals surface area contributed by atoms with E-state index in [2.05, 4.69) is 37.2 Å². The Kier molecular flexibility index (Phi) is 10.6. The first-order valence-electron chi connectivity index (χ1n) is 9.29. The lowest BCUT2D eigenvalue weighted by atomic mass is 10.2. The quantitative estimate of drug-likeness (QED) is 0.142. The number of nitrogens with zero attached hydrogens (tertiary/aromatic N) is 5. The number of rotatable bonds is 14. The van der Waals surface area contributed by atoms with Crippen molar-refractivity contribution in [1.82, 2.24) is 9.55 Å². The second kappa shape index (κ2) is 12.5. The van der Waals surface area contributed by atoms with Crippen molar-refractivity contribution in [2.75, 3.05) is 40.4 Å². The van der Waals surface area contributed by atoms with Gasteiger partial charge in [0.05, 0.1) is 12.7 Å². The molecule has 0 radical (unpaired) electrons. The van der Waals surface area contributed by atoms with Crippen LogP contribution in [-0.2, 0) is 49.9 Å². The van der Waals surface area contributed by atoms with E-state index < -0.39 is 60.9 Å². The van der Waals surface area contributed by atoms with Crippen molar-refractivity contribution >= 4 is 29.3 Å². The number of anilines is 1. The molecule has 1 aliphatic rings. The largest absolute Gasteiger partial charge is 0.492 e. The van der Waals surface area contributed by atoms with Gasteiger partial charge in [-0.3, -0.25) is 22.7 Å². The molecule has 0 aliphatic carbocycles. The van der Waals surface area contributed by atoms with Gasteiger partial charge in [0.15, 0.2) is 0 Å². The van der Waals surface area contributed by atoms with Crippen LogP contribution in [-0.4, -0.2) is 61.3 Å². The molecule has 1 aromatic heterocycles. The van der Waals surface area contributed by atoms with Crippen LogP contribution in [0.4, 0.5) is 5.82 Å². The van der Waals surface area contributed by atoms with E-state index in [9.17, 15) is 23.4 Å². The smallest absolute Gasteiger partial charge is 0.383 e. The predicted octanol–water partition coefficient (Wildman–Crippen LogP) is 2.07. The first kappa shape index (κ1) is 29.5. The average Bonchev–Trinajstić information content (AvgIpc) is 3.20. The minimum absolute atomic E-state index is 0.0100. The number of phosphoric acid groups is 3. The van der Waals surface area contributed by atoms with E-state index in [0.29, 0.717) is 0 Å². The Morgan fingerprint density at radius 1 is 1.26 bits per heavy atom. The summed E-state index contributed by atoms with van der Waals surface area (Å²) < 4.78 is 76.5. The number of phosphoric ester groups is 2. The average molecular weight is 564 g/mol. The van der Waals surface area contributed by atoms with Crippen LogP contribution in [0.15, 0.2) is 22.2 Å². The number of hydrogen-bond acceptors (Lipinski definition) is 15. The second-order valence-electron chi connectivity index (χ2n) is 6.34. The number of nitrogen functional groups attached to an aromatic ring is 1. The predicted molar refractivity (Wildman–Crippen MR) is 115 cm³/mol. The molecule has 1 aromatic rings. The zero-order chi connectivity index (χ0) is 26.3. The van der Waals surface area contributed by atoms with Gasteiger partial charge in [0, 0.05) is 38.9 Å². The molecule has 19 nitrogen and oxygen atoms in total. The van der Waals surface area contributed by atoms with Crippen LogP contribution in [0.5, 0.6) is 0 Å². The number of nitrogens with two attached hydrogens (primary N) is 1.